The van der Waals surface area contributed by atoms with Crippen LogP contribution in [-0.4, -0.2) is 44.2 Å². The molecule has 0 spiro atoms. The van der Waals surface area contributed by atoms with E-state index in [0.717, 1.165) is 54.2 Å². The Morgan fingerprint density at radius 1 is 0.914 bits per heavy atom. The maximum atomic E-state index is 13.3. The number of benzene rings is 3. The second-order valence-corrected chi connectivity index (χ2v) is 8.83. The first-order valence-electron chi connectivity index (χ1n) is 12.0. The number of fused-ring (bicyclic) bond motifs is 1. The van der Waals surface area contributed by atoms with Crippen LogP contribution < -0.4 is 19.9 Å². The lowest BCUT2D eigenvalue weighted by molar-refractivity contribution is 0.0952. The van der Waals surface area contributed by atoms with E-state index in [1.165, 1.54) is 11.3 Å². The Bertz CT molecular complexity index is 1330. The van der Waals surface area contributed by atoms with Gasteiger partial charge in [-0.3, -0.25) is 4.79 Å². The molecule has 0 unspecified atom stereocenters. The number of aromatic nitrogens is 1. The number of pyridine rings is 1. The molecule has 0 radical (unpaired) electrons. The summed E-state index contributed by atoms with van der Waals surface area (Å²) in [4.78, 5) is 22.8. The van der Waals surface area contributed by atoms with E-state index in [0.29, 0.717) is 12.1 Å². The molecule has 1 saturated heterocycles. The third-order valence-corrected chi connectivity index (χ3v) is 6.69. The number of ether oxygens (including phenoxy) is 1. The Morgan fingerprint density at radius 3 is 2.34 bits per heavy atom. The minimum absolute atomic E-state index is 0.0787. The van der Waals surface area contributed by atoms with Gasteiger partial charge < -0.3 is 19.9 Å². The third-order valence-electron chi connectivity index (χ3n) is 6.69. The first kappa shape index (κ1) is 22.7. The first-order chi connectivity index (χ1) is 17.1. The number of carbonyl (C=O) groups is 1. The normalized spacial score (nSPS) is 13.7. The standard InChI is InChI=1S/C29H30N4O2/c1-21-7-3-4-8-22(21)20-30-29(34)26-19-28(31-27-10-6-5-9-25(26)27)33-17-15-32(16-18-33)23-11-13-24(35-2)14-12-23/h3-14,19H,15-18,20H2,1-2H3,(H,30,34). The summed E-state index contributed by atoms with van der Waals surface area (Å²) < 4.78 is 5.28. The monoisotopic (exact) mass is 466 g/mol. The van der Waals surface area contributed by atoms with Crippen LogP contribution in [0.3, 0.4) is 0 Å². The van der Waals surface area contributed by atoms with E-state index in [1.807, 2.05) is 60.7 Å². The molecule has 1 aliphatic heterocycles. The predicted molar refractivity (Wildman–Crippen MR) is 142 cm³/mol. The lowest BCUT2D eigenvalue weighted by Crippen LogP contribution is -2.46. The fraction of sp³-hybridized carbons (Fsp3) is 0.241. The molecule has 35 heavy (non-hydrogen) atoms. The molecule has 0 bridgehead atoms. The molecule has 0 saturated carbocycles. The average Bonchev–Trinajstić information content (AvgIpc) is 2.92. The molecule has 3 aromatic carbocycles. The molecule has 1 aliphatic rings. The molecule has 6 heteroatoms. The van der Waals surface area contributed by atoms with Crippen molar-refractivity contribution in [2.45, 2.75) is 13.5 Å². The highest BCUT2D eigenvalue weighted by molar-refractivity contribution is 6.07. The highest BCUT2D eigenvalue weighted by atomic mass is 16.5. The number of para-hydroxylation sites is 1. The molecule has 0 atom stereocenters. The summed E-state index contributed by atoms with van der Waals surface area (Å²) in [5, 5.41) is 3.98. The van der Waals surface area contributed by atoms with Crippen molar-refractivity contribution >= 4 is 28.3 Å². The molecule has 178 valence electrons. The van der Waals surface area contributed by atoms with E-state index in [2.05, 4.69) is 40.2 Å². The summed E-state index contributed by atoms with van der Waals surface area (Å²) in [6.07, 6.45) is 0. The SMILES string of the molecule is COc1ccc(N2CCN(c3cc(C(=O)NCc4ccccc4C)c4ccccc4n3)CC2)cc1. The van der Waals surface area contributed by atoms with Crippen molar-refractivity contribution in [2.24, 2.45) is 0 Å². The van der Waals surface area contributed by atoms with E-state index in [1.54, 1.807) is 7.11 Å². The van der Waals surface area contributed by atoms with Crippen molar-refractivity contribution in [3.63, 3.8) is 0 Å². The maximum absolute atomic E-state index is 13.3. The molecule has 2 heterocycles. The smallest absolute Gasteiger partial charge is 0.252 e. The summed E-state index contributed by atoms with van der Waals surface area (Å²) in [6.45, 7) is 6.00. The number of hydrogen-bond acceptors (Lipinski definition) is 5. The van der Waals surface area contributed by atoms with E-state index >= 15 is 0 Å². The van der Waals surface area contributed by atoms with Crippen LogP contribution in [0.1, 0.15) is 21.5 Å². The van der Waals surface area contributed by atoms with Gasteiger partial charge in [-0.1, -0.05) is 42.5 Å². The van der Waals surface area contributed by atoms with E-state index in [4.69, 9.17) is 9.72 Å². The average molecular weight is 467 g/mol. The van der Waals surface area contributed by atoms with E-state index in [9.17, 15) is 4.79 Å². The zero-order valence-corrected chi connectivity index (χ0v) is 20.2. The minimum Gasteiger partial charge on any atom is -0.497 e. The number of methoxy groups -OCH3 is 1. The van der Waals surface area contributed by atoms with Gasteiger partial charge in [-0.25, -0.2) is 4.98 Å². The zero-order valence-electron chi connectivity index (χ0n) is 20.2. The van der Waals surface area contributed by atoms with Crippen LogP contribution in [0.5, 0.6) is 5.75 Å². The van der Waals surface area contributed by atoms with Gasteiger partial charge in [-0.15, -0.1) is 0 Å². The molecule has 5 rings (SSSR count). The van der Waals surface area contributed by atoms with Crippen molar-refractivity contribution < 1.29 is 9.53 Å². The molecule has 1 aromatic heterocycles. The third kappa shape index (κ3) is 4.92. The van der Waals surface area contributed by atoms with Gasteiger partial charge in [-0.2, -0.15) is 0 Å². The lowest BCUT2D eigenvalue weighted by Gasteiger charge is -2.37. The van der Waals surface area contributed by atoms with Crippen LogP contribution >= 0.6 is 0 Å². The largest absolute Gasteiger partial charge is 0.497 e. The molecule has 1 fully saturated rings. The van der Waals surface area contributed by atoms with Crippen LogP contribution in [-0.2, 0) is 6.54 Å². The van der Waals surface area contributed by atoms with Crippen LogP contribution in [0.4, 0.5) is 11.5 Å². The summed E-state index contributed by atoms with van der Waals surface area (Å²) in [5.41, 5.74) is 4.98. The van der Waals surface area contributed by atoms with Crippen molar-refractivity contribution in [3.8, 4) is 5.75 Å². The summed E-state index contributed by atoms with van der Waals surface area (Å²) in [6, 6.07) is 26.1. The topological polar surface area (TPSA) is 57.7 Å². The molecular formula is C29H30N4O2. The number of piperazine rings is 1. The highest BCUT2D eigenvalue weighted by Crippen LogP contribution is 2.26. The Kier molecular flexibility index (Phi) is 6.53. The molecule has 1 N–H and O–H groups in total. The molecular weight excluding hydrogens is 436 g/mol. The van der Waals surface area contributed by atoms with Crippen molar-refractivity contribution in [1.29, 1.82) is 0 Å². The van der Waals surface area contributed by atoms with Gasteiger partial charge in [0.2, 0.25) is 0 Å². The van der Waals surface area contributed by atoms with Crippen LogP contribution in [0.2, 0.25) is 0 Å². The number of anilines is 2. The van der Waals surface area contributed by atoms with Gasteiger partial charge in [0.15, 0.2) is 0 Å². The number of nitrogens with one attached hydrogen (secondary N) is 1. The lowest BCUT2D eigenvalue weighted by atomic mass is 10.1. The number of rotatable bonds is 6. The van der Waals surface area contributed by atoms with Crippen molar-refractivity contribution in [3.05, 3.63) is 95.6 Å². The van der Waals surface area contributed by atoms with Gasteiger partial charge in [-0.05, 0) is 54.4 Å². The van der Waals surface area contributed by atoms with Crippen LogP contribution in [0.25, 0.3) is 10.9 Å². The number of carbonyl (C=O) groups excluding carboxylic acids is 1. The van der Waals surface area contributed by atoms with E-state index in [-0.39, 0.29) is 5.91 Å². The van der Waals surface area contributed by atoms with Gasteiger partial charge in [0.05, 0.1) is 18.2 Å². The van der Waals surface area contributed by atoms with Gasteiger partial charge in [0.25, 0.3) is 5.91 Å². The fourth-order valence-electron chi connectivity index (χ4n) is 4.58. The van der Waals surface area contributed by atoms with Crippen LogP contribution in [0, 0.1) is 6.92 Å². The first-order valence-corrected chi connectivity index (χ1v) is 12.0. The Balaban J connectivity index is 1.34. The van der Waals surface area contributed by atoms with Crippen molar-refractivity contribution in [2.75, 3.05) is 43.1 Å². The maximum Gasteiger partial charge on any atom is 0.252 e. The summed E-state index contributed by atoms with van der Waals surface area (Å²) in [5.74, 6) is 1.63. The fourth-order valence-corrected chi connectivity index (χ4v) is 4.58. The summed E-state index contributed by atoms with van der Waals surface area (Å²) >= 11 is 0. The van der Waals surface area contributed by atoms with Crippen molar-refractivity contribution in [1.82, 2.24) is 10.3 Å². The van der Waals surface area contributed by atoms with Gasteiger partial charge >= 0.3 is 0 Å². The van der Waals surface area contributed by atoms with Crippen LogP contribution in [0.15, 0.2) is 78.9 Å². The highest BCUT2D eigenvalue weighted by Gasteiger charge is 2.21. The minimum atomic E-state index is -0.0787. The molecule has 1 amide bonds. The zero-order chi connectivity index (χ0) is 24.2. The number of amides is 1. The Labute approximate surface area is 206 Å². The summed E-state index contributed by atoms with van der Waals surface area (Å²) in [7, 11) is 1.68. The number of nitrogens with zero attached hydrogens (tertiary/aromatic N) is 3. The number of aryl methyl sites for hydroxylation is 1. The number of hydrogen-bond donors (Lipinski definition) is 1. The molecule has 4 aromatic rings. The second-order valence-electron chi connectivity index (χ2n) is 8.83. The molecule has 6 nitrogen and oxygen atoms in total. The Hall–Kier alpha value is -4.06. The Morgan fingerprint density at radius 2 is 1.60 bits per heavy atom. The second kappa shape index (κ2) is 10.1. The van der Waals surface area contributed by atoms with E-state index < -0.39 is 0 Å². The molecule has 0 aliphatic carbocycles. The van der Waals surface area contributed by atoms with Gasteiger partial charge in [0.1, 0.15) is 11.6 Å². The predicted octanol–water partition coefficient (Wildman–Crippen LogP) is 4.81. The van der Waals surface area contributed by atoms with Gasteiger partial charge in [0, 0.05) is 43.8 Å². The quantitative estimate of drug-likeness (QED) is 0.442.